The van der Waals surface area contributed by atoms with Crippen molar-refractivity contribution in [1.29, 1.82) is 0 Å². The number of hydrogen-bond acceptors (Lipinski definition) is 0. The molecular formula is C34H46Y3-6. The normalized spacial score (nSPS) is 7.19. The van der Waals surface area contributed by atoms with Gasteiger partial charge in [0, 0.05) is 98.1 Å². The van der Waals surface area contributed by atoms with Gasteiger partial charge in [0.05, 0.1) is 0 Å². The summed E-state index contributed by atoms with van der Waals surface area (Å²) in [6, 6.07) is 32.1. The van der Waals surface area contributed by atoms with E-state index in [1.807, 2.05) is 148 Å². The fraction of sp³-hybridized carbons (Fsp3) is 0.294. The Kier molecular flexibility index (Phi) is 71.0. The third-order valence-corrected chi connectivity index (χ3v) is 3.08. The van der Waals surface area contributed by atoms with Crippen LogP contribution in [0.25, 0.3) is 17.7 Å². The van der Waals surface area contributed by atoms with Crippen LogP contribution in [0.3, 0.4) is 0 Å². The van der Waals surface area contributed by atoms with Gasteiger partial charge in [-0.2, -0.15) is 36.4 Å². The summed E-state index contributed by atoms with van der Waals surface area (Å²) < 4.78 is 0. The summed E-state index contributed by atoms with van der Waals surface area (Å²) in [6.45, 7) is 30.4. The van der Waals surface area contributed by atoms with Gasteiger partial charge in [-0.3, -0.25) is 0 Å². The maximum absolute atomic E-state index is 5.50. The first-order chi connectivity index (χ1) is 16.7. The average Bonchev–Trinajstić information content (AvgIpc) is 2.95. The van der Waals surface area contributed by atoms with E-state index >= 15 is 0 Å². The minimum absolute atomic E-state index is 0. The number of allylic oxidation sites excluding steroid dienone is 2. The standard InChI is InChI=1S/2C9H8.C8H6.4C2H6.3Y/c1-8(2)9-6-4-3-5-7-9;1-2-6-9-7-4-3-5-8-9;1-2-8-6-4-3-5-7-8;4*1-2;;;/h1,3-6H,2H3;3-7H,1H3;1-6H;4*1-2H3;;;/q3*-2;;;;;;;. The molecule has 3 aromatic carbocycles. The van der Waals surface area contributed by atoms with Gasteiger partial charge < -0.3 is 53.6 Å². The van der Waals surface area contributed by atoms with E-state index in [0.717, 1.165) is 22.3 Å². The predicted octanol–water partition coefficient (Wildman–Crippen LogP) is 10.7. The molecule has 3 radical (unpaired) electrons. The van der Waals surface area contributed by atoms with E-state index < -0.39 is 0 Å². The monoisotopic (exact) mass is 721 g/mol. The van der Waals surface area contributed by atoms with Crippen molar-refractivity contribution in [3.8, 4) is 0 Å². The Balaban J connectivity index is -0.0000000620. The van der Waals surface area contributed by atoms with Gasteiger partial charge in [0.15, 0.2) is 0 Å². The molecule has 3 heteroatoms. The van der Waals surface area contributed by atoms with Crippen LogP contribution < -0.4 is 0 Å². The van der Waals surface area contributed by atoms with Crippen LogP contribution >= 0.6 is 0 Å². The zero-order valence-electron chi connectivity index (χ0n) is 25.0. The fourth-order valence-corrected chi connectivity index (χ4v) is 1.80. The first kappa shape index (κ1) is 53.4. The number of rotatable bonds is 3. The Morgan fingerprint density at radius 3 is 1.24 bits per heavy atom. The van der Waals surface area contributed by atoms with Crippen LogP contribution in [0.4, 0.5) is 0 Å². The summed E-state index contributed by atoms with van der Waals surface area (Å²) in [5, 5.41) is 0. The van der Waals surface area contributed by atoms with Crippen LogP contribution in [0, 0.1) is 37.4 Å². The predicted molar refractivity (Wildman–Crippen MR) is 157 cm³/mol. The summed E-state index contributed by atoms with van der Waals surface area (Å²) in [5.74, 6) is 0. The zero-order valence-corrected chi connectivity index (χ0v) is 33.5. The van der Waals surface area contributed by atoms with Crippen molar-refractivity contribution in [2.24, 2.45) is 0 Å². The Hall–Kier alpha value is 0.192. The van der Waals surface area contributed by atoms with Crippen molar-refractivity contribution >= 4 is 17.7 Å². The van der Waals surface area contributed by atoms with E-state index in [0.29, 0.717) is 0 Å². The second-order valence-corrected chi connectivity index (χ2v) is 5.19. The smallest absolute Gasteiger partial charge is 0 e. The molecule has 3 aromatic rings. The summed E-state index contributed by atoms with van der Waals surface area (Å²) in [7, 11) is 0. The maximum atomic E-state index is 5.50. The van der Waals surface area contributed by atoms with Crippen molar-refractivity contribution in [3.63, 3.8) is 0 Å². The topological polar surface area (TPSA) is 0 Å². The van der Waals surface area contributed by atoms with Crippen molar-refractivity contribution in [3.05, 3.63) is 127 Å². The molecule has 0 unspecified atom stereocenters. The molecule has 0 bridgehead atoms. The van der Waals surface area contributed by atoms with Gasteiger partial charge in [-0.1, -0.05) is 55.4 Å². The second kappa shape index (κ2) is 49.2. The van der Waals surface area contributed by atoms with Crippen molar-refractivity contribution in [1.82, 2.24) is 0 Å². The Bertz CT molecular complexity index is 781. The van der Waals surface area contributed by atoms with Crippen LogP contribution in [-0.2, 0) is 98.1 Å². The molecule has 0 atom stereocenters. The van der Waals surface area contributed by atoms with Gasteiger partial charge in [0.1, 0.15) is 0 Å². The summed E-state index contributed by atoms with van der Waals surface area (Å²) in [6.07, 6.45) is 6.36. The van der Waals surface area contributed by atoms with Crippen LogP contribution in [-0.4, -0.2) is 0 Å². The summed E-state index contributed by atoms with van der Waals surface area (Å²) >= 11 is 0. The molecule has 3 rings (SSSR count). The molecule has 0 amide bonds. The van der Waals surface area contributed by atoms with Gasteiger partial charge in [-0.15, -0.1) is 32.0 Å². The molecule has 0 spiro atoms. The van der Waals surface area contributed by atoms with Crippen LogP contribution in [0.15, 0.2) is 72.8 Å². The van der Waals surface area contributed by atoms with E-state index in [2.05, 4.69) is 24.3 Å². The Morgan fingerprint density at radius 2 is 1.03 bits per heavy atom. The summed E-state index contributed by atoms with van der Waals surface area (Å²) in [5.41, 5.74) is 3.82. The SMILES string of the molecule is CC.CC.CC.CC.C[C-]=Cc1[c-]cccc1.[CH-]=C(C)c1[c-]cccc1.[CH-]=Cc1[c-]cccc1.[Y].[Y].[Y]. The van der Waals surface area contributed by atoms with Crippen molar-refractivity contribution in [2.75, 3.05) is 0 Å². The maximum Gasteiger partial charge on any atom is 0 e. The van der Waals surface area contributed by atoms with Gasteiger partial charge in [-0.25, -0.2) is 36.4 Å². The summed E-state index contributed by atoms with van der Waals surface area (Å²) in [4.78, 5) is 0. The zero-order chi connectivity index (χ0) is 27.0. The van der Waals surface area contributed by atoms with Crippen LogP contribution in [0.2, 0.25) is 0 Å². The van der Waals surface area contributed by atoms with Crippen LogP contribution in [0.1, 0.15) is 85.9 Å². The van der Waals surface area contributed by atoms with Gasteiger partial charge >= 0.3 is 0 Å². The molecule has 0 fully saturated rings. The molecule has 37 heavy (non-hydrogen) atoms. The molecular weight excluding hydrogens is 675 g/mol. The number of benzene rings is 3. The Labute approximate surface area is 308 Å². The minimum atomic E-state index is 0. The first-order valence-corrected chi connectivity index (χ1v) is 12.2. The number of hydrogen-bond donors (Lipinski definition) is 0. The minimum Gasteiger partial charge on any atom is -0.344 e. The molecule has 0 heterocycles. The van der Waals surface area contributed by atoms with E-state index in [4.69, 9.17) is 13.2 Å². The molecule has 0 saturated carbocycles. The first-order valence-electron chi connectivity index (χ1n) is 12.2. The fourth-order valence-electron chi connectivity index (χ4n) is 1.80. The molecule has 0 aromatic heterocycles. The Morgan fingerprint density at radius 1 is 0.649 bits per heavy atom. The van der Waals surface area contributed by atoms with Crippen LogP contribution in [0.5, 0.6) is 0 Å². The molecule has 197 valence electrons. The van der Waals surface area contributed by atoms with Crippen molar-refractivity contribution in [2.45, 2.75) is 69.2 Å². The molecule has 0 N–H and O–H groups in total. The third-order valence-electron chi connectivity index (χ3n) is 3.08. The van der Waals surface area contributed by atoms with Gasteiger partial charge in [0.25, 0.3) is 0 Å². The van der Waals surface area contributed by atoms with Gasteiger partial charge in [-0.05, 0) is 0 Å². The molecule has 0 saturated heterocycles. The average molecular weight is 721 g/mol. The molecule has 0 aliphatic heterocycles. The van der Waals surface area contributed by atoms with E-state index in [1.165, 1.54) is 6.08 Å². The van der Waals surface area contributed by atoms with E-state index in [1.54, 1.807) is 0 Å². The van der Waals surface area contributed by atoms with Gasteiger partial charge in [0.2, 0.25) is 0 Å². The third kappa shape index (κ3) is 38.4. The second-order valence-electron chi connectivity index (χ2n) is 5.19. The van der Waals surface area contributed by atoms with E-state index in [9.17, 15) is 0 Å². The quantitative estimate of drug-likeness (QED) is 0.236. The molecule has 0 aliphatic rings. The molecule has 0 nitrogen and oxygen atoms in total. The van der Waals surface area contributed by atoms with Crippen molar-refractivity contribution < 1.29 is 98.1 Å². The largest absolute Gasteiger partial charge is 0.344 e. The molecule has 0 aliphatic carbocycles. The van der Waals surface area contributed by atoms with E-state index in [-0.39, 0.29) is 98.1 Å².